The normalized spacial score (nSPS) is 12.2. The van der Waals surface area contributed by atoms with Gasteiger partial charge in [-0.1, -0.05) is 0 Å². The zero-order valence-electron chi connectivity index (χ0n) is 11.2. The van der Waals surface area contributed by atoms with Crippen LogP contribution in [0, 0.1) is 13.8 Å². The van der Waals surface area contributed by atoms with Gasteiger partial charge in [-0.25, -0.2) is 9.78 Å². The lowest BCUT2D eigenvalue weighted by Gasteiger charge is -2.10. The molecule has 0 radical (unpaired) electrons. The van der Waals surface area contributed by atoms with Crippen molar-refractivity contribution >= 4 is 23.2 Å². The van der Waals surface area contributed by atoms with Gasteiger partial charge in [0.15, 0.2) is 5.69 Å². The quantitative estimate of drug-likeness (QED) is 0.795. The second-order valence-electron chi connectivity index (χ2n) is 4.40. The first-order valence-electron chi connectivity index (χ1n) is 5.91. The summed E-state index contributed by atoms with van der Waals surface area (Å²) >= 11 is 1.44. The highest BCUT2D eigenvalue weighted by Gasteiger charge is 2.24. The predicted octanol–water partition coefficient (Wildman–Crippen LogP) is 1.67. The molecule has 0 saturated heterocycles. The molecule has 0 aliphatic rings. The molecule has 20 heavy (non-hydrogen) atoms. The number of aromatic carboxylic acids is 1. The van der Waals surface area contributed by atoms with E-state index < -0.39 is 11.9 Å². The number of aromatic amines is 1. The van der Waals surface area contributed by atoms with Gasteiger partial charge in [0, 0.05) is 16.8 Å². The lowest BCUT2D eigenvalue weighted by Crippen LogP contribution is -2.28. The highest BCUT2D eigenvalue weighted by molar-refractivity contribution is 7.09. The fourth-order valence-corrected chi connectivity index (χ4v) is 2.56. The maximum absolute atomic E-state index is 12.1. The van der Waals surface area contributed by atoms with Gasteiger partial charge >= 0.3 is 5.97 Å². The van der Waals surface area contributed by atoms with Gasteiger partial charge in [-0.3, -0.25) is 9.89 Å². The van der Waals surface area contributed by atoms with Gasteiger partial charge in [0.1, 0.15) is 10.6 Å². The van der Waals surface area contributed by atoms with Gasteiger partial charge in [-0.05, 0) is 20.8 Å². The smallest absolute Gasteiger partial charge is 0.340 e. The molecule has 106 valence electrons. The number of hydrogen-bond donors (Lipinski definition) is 3. The topological polar surface area (TPSA) is 108 Å². The fourth-order valence-electron chi connectivity index (χ4n) is 1.75. The van der Waals surface area contributed by atoms with E-state index in [1.54, 1.807) is 13.8 Å². The van der Waals surface area contributed by atoms with Crippen LogP contribution in [0.5, 0.6) is 0 Å². The molecule has 0 spiro atoms. The van der Waals surface area contributed by atoms with E-state index in [0.717, 1.165) is 10.7 Å². The second kappa shape index (κ2) is 5.41. The Morgan fingerprint density at radius 1 is 1.45 bits per heavy atom. The molecule has 8 heteroatoms. The third-order valence-corrected chi connectivity index (χ3v) is 3.88. The Bertz CT molecular complexity index is 661. The number of H-pyrrole nitrogens is 1. The zero-order chi connectivity index (χ0) is 14.9. The van der Waals surface area contributed by atoms with Crippen LogP contribution in [0.2, 0.25) is 0 Å². The molecule has 0 saturated carbocycles. The van der Waals surface area contributed by atoms with Crippen molar-refractivity contribution in [2.45, 2.75) is 26.8 Å². The number of thiazole rings is 1. The van der Waals surface area contributed by atoms with Gasteiger partial charge in [0.25, 0.3) is 5.91 Å². The maximum Gasteiger partial charge on any atom is 0.340 e. The molecule has 1 amide bonds. The summed E-state index contributed by atoms with van der Waals surface area (Å²) in [6.07, 6.45) is 0. The molecule has 0 aliphatic carbocycles. The van der Waals surface area contributed by atoms with Crippen LogP contribution in [0.4, 0.5) is 0 Å². The SMILES string of the molecule is Cc1csc(C(C)NC(=O)c2n[nH]c(C)c2C(=O)O)n1. The predicted molar refractivity (Wildman–Crippen MR) is 73.0 cm³/mol. The first-order chi connectivity index (χ1) is 9.40. The molecule has 7 nitrogen and oxygen atoms in total. The Balaban J connectivity index is 2.18. The van der Waals surface area contributed by atoms with E-state index in [4.69, 9.17) is 5.11 Å². The summed E-state index contributed by atoms with van der Waals surface area (Å²) in [5.74, 6) is -1.72. The number of rotatable bonds is 4. The fraction of sp³-hybridized carbons (Fsp3) is 0.333. The number of carbonyl (C=O) groups excluding carboxylic acids is 1. The van der Waals surface area contributed by atoms with Crippen LogP contribution in [0.25, 0.3) is 0 Å². The molecule has 0 fully saturated rings. The maximum atomic E-state index is 12.1. The first-order valence-corrected chi connectivity index (χ1v) is 6.79. The van der Waals surface area contributed by atoms with Crippen molar-refractivity contribution < 1.29 is 14.7 Å². The number of aryl methyl sites for hydroxylation is 2. The third-order valence-electron chi connectivity index (χ3n) is 2.73. The van der Waals surface area contributed by atoms with Gasteiger partial charge in [-0.2, -0.15) is 5.10 Å². The summed E-state index contributed by atoms with van der Waals surface area (Å²) in [7, 11) is 0. The summed E-state index contributed by atoms with van der Waals surface area (Å²) < 4.78 is 0. The molecule has 1 atom stereocenters. The van der Waals surface area contributed by atoms with Crippen molar-refractivity contribution in [1.29, 1.82) is 0 Å². The number of amides is 1. The molecule has 0 aliphatic heterocycles. The third kappa shape index (κ3) is 2.69. The van der Waals surface area contributed by atoms with Crippen LogP contribution in [0.3, 0.4) is 0 Å². The molecule has 0 bridgehead atoms. The number of carbonyl (C=O) groups is 2. The van der Waals surface area contributed by atoms with E-state index >= 15 is 0 Å². The minimum absolute atomic E-state index is 0.106. The molecule has 2 rings (SSSR count). The molecule has 2 aromatic heterocycles. The van der Waals surface area contributed by atoms with Crippen LogP contribution in [0.15, 0.2) is 5.38 Å². The molecular weight excluding hydrogens is 280 g/mol. The minimum Gasteiger partial charge on any atom is -0.478 e. The van der Waals surface area contributed by atoms with Crippen LogP contribution >= 0.6 is 11.3 Å². The monoisotopic (exact) mass is 294 g/mol. The molecule has 3 N–H and O–H groups in total. The number of carboxylic acid groups (broad SMARTS) is 1. The molecule has 2 heterocycles. The second-order valence-corrected chi connectivity index (χ2v) is 5.29. The first kappa shape index (κ1) is 14.2. The van der Waals surface area contributed by atoms with Crippen LogP contribution in [0.1, 0.15) is 50.2 Å². The van der Waals surface area contributed by atoms with Crippen molar-refractivity contribution in [2.24, 2.45) is 0 Å². The van der Waals surface area contributed by atoms with Crippen LogP contribution in [-0.2, 0) is 0 Å². The molecule has 1 unspecified atom stereocenters. The van der Waals surface area contributed by atoms with E-state index in [9.17, 15) is 9.59 Å². The molecule has 2 aromatic rings. The average Bonchev–Trinajstić information content (AvgIpc) is 2.95. The molecule has 0 aromatic carbocycles. The summed E-state index contributed by atoms with van der Waals surface area (Å²) in [6, 6.07) is -0.306. The minimum atomic E-state index is -1.18. The van der Waals surface area contributed by atoms with E-state index in [0.29, 0.717) is 5.69 Å². The Labute approximate surface area is 119 Å². The standard InChI is InChI=1S/C12H14N4O3S/c1-5-4-20-11(13-5)7(3)14-10(17)9-8(12(18)19)6(2)15-16-9/h4,7H,1-3H3,(H,14,17)(H,15,16)(H,18,19). The van der Waals surface area contributed by atoms with Gasteiger partial charge < -0.3 is 10.4 Å². The lowest BCUT2D eigenvalue weighted by molar-refractivity contribution is 0.0689. The van der Waals surface area contributed by atoms with Crippen molar-refractivity contribution in [3.05, 3.63) is 33.0 Å². The molecular formula is C12H14N4O3S. The number of nitrogens with zero attached hydrogens (tertiary/aromatic N) is 2. The highest BCUT2D eigenvalue weighted by Crippen LogP contribution is 2.18. The number of nitrogens with one attached hydrogen (secondary N) is 2. The van der Waals surface area contributed by atoms with Crippen LogP contribution < -0.4 is 5.32 Å². The summed E-state index contributed by atoms with van der Waals surface area (Å²) in [4.78, 5) is 27.5. The largest absolute Gasteiger partial charge is 0.478 e. The van der Waals surface area contributed by atoms with Gasteiger partial charge in [0.2, 0.25) is 0 Å². The van der Waals surface area contributed by atoms with Crippen molar-refractivity contribution in [2.75, 3.05) is 0 Å². The van der Waals surface area contributed by atoms with Crippen molar-refractivity contribution in [3.63, 3.8) is 0 Å². The lowest BCUT2D eigenvalue weighted by atomic mass is 10.2. The van der Waals surface area contributed by atoms with Gasteiger partial charge in [-0.15, -0.1) is 11.3 Å². The van der Waals surface area contributed by atoms with Gasteiger partial charge in [0.05, 0.1) is 6.04 Å². The van der Waals surface area contributed by atoms with Crippen molar-refractivity contribution in [1.82, 2.24) is 20.5 Å². The van der Waals surface area contributed by atoms with E-state index in [2.05, 4.69) is 20.5 Å². The van der Waals surface area contributed by atoms with E-state index in [1.807, 2.05) is 12.3 Å². The van der Waals surface area contributed by atoms with Crippen LogP contribution in [-0.4, -0.2) is 32.2 Å². The average molecular weight is 294 g/mol. The van der Waals surface area contributed by atoms with E-state index in [1.165, 1.54) is 11.3 Å². The number of aromatic nitrogens is 3. The number of carboxylic acids is 1. The zero-order valence-corrected chi connectivity index (χ0v) is 12.0. The Kier molecular flexibility index (Phi) is 3.84. The van der Waals surface area contributed by atoms with Crippen molar-refractivity contribution in [3.8, 4) is 0 Å². The Hall–Kier alpha value is -2.22. The Morgan fingerprint density at radius 3 is 2.70 bits per heavy atom. The summed E-state index contributed by atoms with van der Waals surface area (Å²) in [5, 5.41) is 20.7. The van der Waals surface area contributed by atoms with E-state index in [-0.39, 0.29) is 17.3 Å². The summed E-state index contributed by atoms with van der Waals surface area (Å²) in [6.45, 7) is 5.21. The number of hydrogen-bond acceptors (Lipinski definition) is 5. The highest BCUT2D eigenvalue weighted by atomic mass is 32.1. The summed E-state index contributed by atoms with van der Waals surface area (Å²) in [5.41, 5.74) is 1.01. The Morgan fingerprint density at radius 2 is 2.15 bits per heavy atom.